The molecule has 0 aliphatic rings. The molecule has 5 nitrogen and oxygen atoms in total. The lowest BCUT2D eigenvalue weighted by Crippen LogP contribution is -2.33. The van der Waals surface area contributed by atoms with Gasteiger partial charge in [-0.05, 0) is 12.8 Å². The summed E-state index contributed by atoms with van der Waals surface area (Å²) in [6.07, 6.45) is 4.21. The minimum atomic E-state index is -3.41. The van der Waals surface area contributed by atoms with E-state index in [-0.39, 0.29) is 11.1 Å². The van der Waals surface area contributed by atoms with Gasteiger partial charge < -0.3 is 4.98 Å². The Morgan fingerprint density at radius 2 is 2.14 bits per heavy atom. The minimum Gasteiger partial charge on any atom is -0.335 e. The second-order valence-electron chi connectivity index (χ2n) is 3.05. The van der Waals surface area contributed by atoms with Crippen LogP contribution in [-0.4, -0.2) is 24.4 Å². The molecule has 0 aliphatic heterocycles. The van der Waals surface area contributed by atoms with E-state index < -0.39 is 10.0 Å². The number of hydrogen-bond donors (Lipinski definition) is 2. The average Bonchev–Trinajstić information content (AvgIpc) is 2.67. The van der Waals surface area contributed by atoms with E-state index in [4.69, 9.17) is 0 Å². The lowest BCUT2D eigenvalue weighted by atomic mass is 10.2. The van der Waals surface area contributed by atoms with Crippen molar-refractivity contribution in [2.45, 2.75) is 37.8 Å². The predicted octanol–water partition coefficient (Wildman–Crippen LogP) is 0.877. The monoisotopic (exact) mass is 217 g/mol. The molecule has 0 unspecified atom stereocenters. The van der Waals surface area contributed by atoms with Gasteiger partial charge in [-0.15, -0.1) is 0 Å². The first-order valence-electron chi connectivity index (χ1n) is 4.60. The van der Waals surface area contributed by atoms with Crippen LogP contribution in [0.25, 0.3) is 0 Å². The van der Waals surface area contributed by atoms with E-state index in [9.17, 15) is 8.42 Å². The van der Waals surface area contributed by atoms with Crippen LogP contribution in [-0.2, 0) is 10.0 Å². The van der Waals surface area contributed by atoms with Crippen molar-refractivity contribution < 1.29 is 8.42 Å². The molecule has 0 saturated carbocycles. The quantitative estimate of drug-likeness (QED) is 0.768. The number of hydrogen-bond acceptors (Lipinski definition) is 3. The Kier molecular flexibility index (Phi) is 3.65. The fourth-order valence-electron chi connectivity index (χ4n) is 1.13. The van der Waals surface area contributed by atoms with E-state index in [2.05, 4.69) is 14.7 Å². The minimum absolute atomic E-state index is 0.0108. The lowest BCUT2D eigenvalue weighted by molar-refractivity contribution is 0.528. The van der Waals surface area contributed by atoms with Gasteiger partial charge in [0, 0.05) is 6.04 Å². The highest BCUT2D eigenvalue weighted by molar-refractivity contribution is 7.89. The summed E-state index contributed by atoms with van der Waals surface area (Å²) >= 11 is 0. The highest BCUT2D eigenvalue weighted by atomic mass is 32.2. The fourth-order valence-corrected chi connectivity index (χ4v) is 2.43. The van der Waals surface area contributed by atoms with E-state index in [0.717, 1.165) is 12.8 Å². The summed E-state index contributed by atoms with van der Waals surface area (Å²) in [5, 5.41) is 0.115. The van der Waals surface area contributed by atoms with Gasteiger partial charge in [0.05, 0.1) is 12.5 Å². The topological polar surface area (TPSA) is 74.8 Å². The smallest absolute Gasteiger partial charge is 0.257 e. The van der Waals surface area contributed by atoms with Gasteiger partial charge >= 0.3 is 0 Å². The normalized spacial score (nSPS) is 12.2. The third kappa shape index (κ3) is 2.55. The summed E-state index contributed by atoms with van der Waals surface area (Å²) in [6.45, 7) is 3.90. The number of sulfonamides is 1. The van der Waals surface area contributed by atoms with Crippen LogP contribution in [0.4, 0.5) is 0 Å². The molecule has 1 heterocycles. The predicted molar refractivity (Wildman–Crippen MR) is 53.3 cm³/mol. The number of aromatic amines is 1. The zero-order chi connectivity index (χ0) is 10.6. The van der Waals surface area contributed by atoms with Crippen LogP contribution in [0.2, 0.25) is 0 Å². The molecule has 1 aromatic heterocycles. The number of rotatable bonds is 5. The Morgan fingerprint density at radius 3 is 2.57 bits per heavy atom. The molecule has 0 aromatic carbocycles. The van der Waals surface area contributed by atoms with E-state index in [1.807, 2.05) is 13.8 Å². The molecule has 6 heteroatoms. The highest BCUT2D eigenvalue weighted by Crippen LogP contribution is 2.06. The standard InChI is InChI=1S/C8H15N3O2S/c1-3-7(4-2)11-14(12,13)8-5-9-6-10-8/h5-7,11H,3-4H2,1-2H3,(H,9,10). The molecule has 0 spiro atoms. The molecule has 0 bridgehead atoms. The molecular formula is C8H15N3O2S. The van der Waals surface area contributed by atoms with E-state index in [1.165, 1.54) is 12.5 Å². The first kappa shape index (κ1) is 11.2. The first-order chi connectivity index (χ1) is 6.60. The highest BCUT2D eigenvalue weighted by Gasteiger charge is 2.18. The Balaban J connectivity index is 2.77. The van der Waals surface area contributed by atoms with Crippen LogP contribution in [0.5, 0.6) is 0 Å². The van der Waals surface area contributed by atoms with Crippen molar-refractivity contribution in [2.24, 2.45) is 0 Å². The van der Waals surface area contributed by atoms with Crippen molar-refractivity contribution in [1.82, 2.24) is 14.7 Å². The van der Waals surface area contributed by atoms with E-state index in [0.29, 0.717) is 0 Å². The zero-order valence-electron chi connectivity index (χ0n) is 8.32. The van der Waals surface area contributed by atoms with Gasteiger partial charge in [0.2, 0.25) is 0 Å². The molecule has 2 N–H and O–H groups in total. The van der Waals surface area contributed by atoms with E-state index in [1.54, 1.807) is 0 Å². The molecule has 1 rings (SSSR count). The molecule has 1 aromatic rings. The van der Waals surface area contributed by atoms with Crippen molar-refractivity contribution in [2.75, 3.05) is 0 Å². The van der Waals surface area contributed by atoms with Gasteiger partial charge in [-0.25, -0.2) is 18.1 Å². The largest absolute Gasteiger partial charge is 0.335 e. The maximum Gasteiger partial charge on any atom is 0.257 e. The van der Waals surface area contributed by atoms with Crippen LogP contribution in [0.3, 0.4) is 0 Å². The molecule has 14 heavy (non-hydrogen) atoms. The van der Waals surface area contributed by atoms with Crippen molar-refractivity contribution in [1.29, 1.82) is 0 Å². The lowest BCUT2D eigenvalue weighted by Gasteiger charge is -2.13. The Labute approximate surface area is 84.0 Å². The van der Waals surface area contributed by atoms with Crippen LogP contribution < -0.4 is 4.72 Å². The number of nitrogens with zero attached hydrogens (tertiary/aromatic N) is 1. The number of H-pyrrole nitrogens is 1. The van der Waals surface area contributed by atoms with Crippen LogP contribution in [0.1, 0.15) is 26.7 Å². The third-order valence-corrected chi connectivity index (χ3v) is 3.52. The summed E-state index contributed by atoms with van der Waals surface area (Å²) in [5.74, 6) is 0. The molecule has 0 atom stereocenters. The van der Waals surface area contributed by atoms with Crippen LogP contribution in [0.15, 0.2) is 17.6 Å². The Bertz CT molecular complexity index is 354. The number of nitrogens with one attached hydrogen (secondary N) is 2. The maximum absolute atomic E-state index is 11.6. The zero-order valence-corrected chi connectivity index (χ0v) is 9.13. The molecular weight excluding hydrogens is 202 g/mol. The summed E-state index contributed by atoms with van der Waals surface area (Å²) < 4.78 is 25.9. The number of imidazole rings is 1. The van der Waals surface area contributed by atoms with E-state index >= 15 is 0 Å². The van der Waals surface area contributed by atoms with Crippen molar-refractivity contribution in [3.8, 4) is 0 Å². The molecule has 80 valence electrons. The molecule has 0 radical (unpaired) electrons. The summed E-state index contributed by atoms with van der Waals surface area (Å²) in [4.78, 5) is 6.24. The second kappa shape index (κ2) is 4.56. The fraction of sp³-hybridized carbons (Fsp3) is 0.625. The summed E-state index contributed by atoms with van der Waals surface area (Å²) in [7, 11) is -3.41. The summed E-state index contributed by atoms with van der Waals surface area (Å²) in [5.41, 5.74) is 0. The van der Waals surface area contributed by atoms with Gasteiger partial charge in [-0.1, -0.05) is 13.8 Å². The Hall–Kier alpha value is -0.880. The van der Waals surface area contributed by atoms with Crippen LogP contribution in [0, 0.1) is 0 Å². The Morgan fingerprint density at radius 1 is 1.50 bits per heavy atom. The molecule has 0 fully saturated rings. The third-order valence-electron chi connectivity index (χ3n) is 2.07. The van der Waals surface area contributed by atoms with Crippen molar-refractivity contribution >= 4 is 10.0 Å². The van der Waals surface area contributed by atoms with Crippen molar-refractivity contribution in [3.63, 3.8) is 0 Å². The van der Waals surface area contributed by atoms with Gasteiger partial charge in [0.15, 0.2) is 5.03 Å². The molecule has 0 aliphatic carbocycles. The van der Waals surface area contributed by atoms with Gasteiger partial charge in [-0.3, -0.25) is 0 Å². The second-order valence-corrected chi connectivity index (χ2v) is 4.73. The maximum atomic E-state index is 11.6. The number of aromatic nitrogens is 2. The molecule has 0 saturated heterocycles. The summed E-state index contributed by atoms with van der Waals surface area (Å²) in [6, 6.07) is -0.0108. The van der Waals surface area contributed by atoms with Crippen molar-refractivity contribution in [3.05, 3.63) is 12.5 Å². The van der Waals surface area contributed by atoms with Gasteiger partial charge in [0.25, 0.3) is 10.0 Å². The van der Waals surface area contributed by atoms with Gasteiger partial charge in [0.1, 0.15) is 0 Å². The molecule has 0 amide bonds. The SMILES string of the molecule is CCC(CC)NS(=O)(=O)c1cnc[nH]1. The first-order valence-corrected chi connectivity index (χ1v) is 6.09. The van der Waals surface area contributed by atoms with Crippen LogP contribution >= 0.6 is 0 Å². The average molecular weight is 217 g/mol. The van der Waals surface area contributed by atoms with Gasteiger partial charge in [-0.2, -0.15) is 0 Å².